The second-order valence-electron chi connectivity index (χ2n) is 8.66. The van der Waals surface area contributed by atoms with Gasteiger partial charge in [-0.2, -0.15) is 0 Å². The van der Waals surface area contributed by atoms with Crippen LogP contribution in [0, 0.1) is 30.3 Å². The van der Waals surface area contributed by atoms with E-state index in [0.717, 1.165) is 12.8 Å². The summed E-state index contributed by atoms with van der Waals surface area (Å²) in [5.41, 5.74) is 2.61. The number of nitro groups is 3. The average Bonchev–Trinajstić information content (AvgIpc) is 2.89. The van der Waals surface area contributed by atoms with Gasteiger partial charge in [0.2, 0.25) is 0 Å². The van der Waals surface area contributed by atoms with Gasteiger partial charge in [-0.1, -0.05) is 67.6 Å². The molecule has 3 aromatic carbocycles. The van der Waals surface area contributed by atoms with E-state index < -0.39 is 37.6 Å². The van der Waals surface area contributed by atoms with Gasteiger partial charge in [0.15, 0.2) is 0 Å². The summed E-state index contributed by atoms with van der Waals surface area (Å²) in [5, 5.41) is 40.2. The van der Waals surface area contributed by atoms with E-state index >= 15 is 0 Å². The number of nitro benzene ring substituents is 3. The van der Waals surface area contributed by atoms with E-state index in [0.29, 0.717) is 18.2 Å². The minimum Gasteiger partial charge on any atom is -0.497 e. The molecule has 0 heterocycles. The summed E-state index contributed by atoms with van der Waals surface area (Å²) in [6.07, 6.45) is 2.11. The van der Waals surface area contributed by atoms with Gasteiger partial charge in [0.25, 0.3) is 11.4 Å². The summed E-state index contributed by atoms with van der Waals surface area (Å²) in [6, 6.07) is 23.0. The van der Waals surface area contributed by atoms with Gasteiger partial charge < -0.3 is 10.0 Å². The van der Waals surface area contributed by atoms with Crippen LogP contribution in [0.4, 0.5) is 17.1 Å². The highest BCUT2D eigenvalue weighted by molar-refractivity contribution is 5.91. The predicted molar refractivity (Wildman–Crippen MR) is 146 cm³/mol. The molecule has 0 spiro atoms. The quantitative estimate of drug-likeness (QED) is 0.191. The summed E-state index contributed by atoms with van der Waals surface area (Å²) in [6.45, 7) is 4.55. The first kappa shape index (κ1) is 29.6. The molecule has 1 atom stereocenters. The number of non-ortho nitro benzene ring substituents is 1. The first-order valence-corrected chi connectivity index (χ1v) is 11.8. The summed E-state index contributed by atoms with van der Waals surface area (Å²) in [5.74, 6) is -1.21. The number of nitrogens with zero attached hydrogens (tertiary/aromatic N) is 4. The molecule has 200 valence electrons. The number of hydrogen-bond acceptors (Lipinski definition) is 8. The van der Waals surface area contributed by atoms with Crippen molar-refractivity contribution in [1.29, 1.82) is 0 Å². The largest absolute Gasteiger partial charge is 0.497 e. The summed E-state index contributed by atoms with van der Waals surface area (Å²) in [7, 11) is 4.31. The van der Waals surface area contributed by atoms with Crippen molar-refractivity contribution in [2.75, 3.05) is 14.1 Å². The Labute approximate surface area is 220 Å². The molecule has 0 bridgehead atoms. The van der Waals surface area contributed by atoms with Gasteiger partial charge in [0.1, 0.15) is 0 Å². The topological polar surface area (TPSA) is 153 Å². The van der Waals surface area contributed by atoms with Crippen molar-refractivity contribution >= 4 is 28.2 Å². The molecule has 0 saturated heterocycles. The molecule has 0 aliphatic heterocycles. The van der Waals surface area contributed by atoms with Gasteiger partial charge in [-0.3, -0.25) is 30.3 Å². The molecule has 0 radical (unpaired) electrons. The van der Waals surface area contributed by atoms with Crippen LogP contribution in [0.15, 0.2) is 72.8 Å². The SMILES string of the molecule is CC/C(=C(/CC(C)N(C)C)c1ccccc1)c1ccccc1.O=[N+]([O-])c1cc([N+](=O)[O-])c(O)c([N+](=O)[O-])c1. The second-order valence-corrected chi connectivity index (χ2v) is 8.66. The minimum absolute atomic E-state index is 0.447. The number of phenolic OH excluding ortho intramolecular Hbond substituents is 1. The van der Waals surface area contributed by atoms with E-state index in [4.69, 9.17) is 5.11 Å². The summed E-state index contributed by atoms with van der Waals surface area (Å²) < 4.78 is 0. The van der Waals surface area contributed by atoms with E-state index in [9.17, 15) is 30.3 Å². The maximum atomic E-state index is 10.4. The molecule has 0 aliphatic carbocycles. The summed E-state index contributed by atoms with van der Waals surface area (Å²) in [4.78, 5) is 30.1. The van der Waals surface area contributed by atoms with Crippen LogP contribution < -0.4 is 0 Å². The Kier molecular flexibility index (Phi) is 10.6. The van der Waals surface area contributed by atoms with Crippen molar-refractivity contribution in [3.05, 3.63) is 114 Å². The highest BCUT2D eigenvalue weighted by Gasteiger charge is 2.30. The van der Waals surface area contributed by atoms with Crippen molar-refractivity contribution in [2.45, 2.75) is 32.7 Å². The third-order valence-electron chi connectivity index (χ3n) is 6.00. The van der Waals surface area contributed by atoms with Crippen LogP contribution in [0.5, 0.6) is 5.75 Å². The molecule has 38 heavy (non-hydrogen) atoms. The number of phenols is 1. The maximum Gasteiger partial charge on any atom is 0.324 e. The number of aromatic hydroxyl groups is 1. The van der Waals surface area contributed by atoms with Crippen LogP contribution in [0.2, 0.25) is 0 Å². The van der Waals surface area contributed by atoms with Crippen LogP contribution in [-0.2, 0) is 0 Å². The lowest BCUT2D eigenvalue weighted by Crippen LogP contribution is -2.25. The van der Waals surface area contributed by atoms with Gasteiger partial charge in [0.05, 0.1) is 26.9 Å². The second kappa shape index (κ2) is 13.6. The van der Waals surface area contributed by atoms with Gasteiger partial charge in [-0.15, -0.1) is 0 Å². The first-order chi connectivity index (χ1) is 18.0. The van der Waals surface area contributed by atoms with E-state index in [1.807, 2.05) is 0 Å². The molecule has 0 saturated carbocycles. The van der Waals surface area contributed by atoms with Crippen LogP contribution in [0.3, 0.4) is 0 Å². The van der Waals surface area contributed by atoms with E-state index in [2.05, 4.69) is 93.5 Å². The molecule has 0 aromatic heterocycles. The van der Waals surface area contributed by atoms with E-state index in [-0.39, 0.29) is 0 Å². The normalized spacial score (nSPS) is 12.1. The lowest BCUT2D eigenvalue weighted by molar-refractivity contribution is -0.404. The lowest BCUT2D eigenvalue weighted by Gasteiger charge is -2.24. The fourth-order valence-corrected chi connectivity index (χ4v) is 3.74. The number of hydrogen-bond donors (Lipinski definition) is 1. The highest BCUT2D eigenvalue weighted by Crippen LogP contribution is 2.39. The molecule has 11 nitrogen and oxygen atoms in total. The predicted octanol–water partition coefficient (Wildman–Crippen LogP) is 6.46. The van der Waals surface area contributed by atoms with Crippen molar-refractivity contribution in [2.24, 2.45) is 0 Å². The van der Waals surface area contributed by atoms with Gasteiger partial charge in [-0.05, 0) is 56.1 Å². The summed E-state index contributed by atoms with van der Waals surface area (Å²) >= 11 is 0. The molecular weight excluding hydrogens is 492 g/mol. The van der Waals surface area contributed by atoms with Gasteiger partial charge >= 0.3 is 11.4 Å². The molecule has 0 fully saturated rings. The third-order valence-corrected chi connectivity index (χ3v) is 6.00. The minimum atomic E-state index is -1.21. The highest BCUT2D eigenvalue weighted by atomic mass is 16.6. The maximum absolute atomic E-state index is 10.4. The third kappa shape index (κ3) is 7.68. The van der Waals surface area contributed by atoms with Crippen molar-refractivity contribution in [3.8, 4) is 5.75 Å². The first-order valence-electron chi connectivity index (χ1n) is 11.8. The molecule has 0 aliphatic rings. The van der Waals surface area contributed by atoms with Crippen LogP contribution >= 0.6 is 0 Å². The molecule has 3 rings (SSSR count). The van der Waals surface area contributed by atoms with Gasteiger partial charge in [-0.25, -0.2) is 0 Å². The van der Waals surface area contributed by atoms with Crippen molar-refractivity contribution < 1.29 is 19.9 Å². The Hall–Kier alpha value is -4.64. The van der Waals surface area contributed by atoms with E-state index in [1.54, 1.807) is 0 Å². The number of rotatable bonds is 9. The fraction of sp³-hybridized carbons (Fsp3) is 0.259. The molecule has 1 N–H and O–H groups in total. The molecule has 11 heteroatoms. The average molecular weight is 523 g/mol. The Bertz CT molecular complexity index is 1270. The molecule has 0 amide bonds. The Morgan fingerprint density at radius 3 is 1.55 bits per heavy atom. The Morgan fingerprint density at radius 1 is 0.789 bits per heavy atom. The van der Waals surface area contributed by atoms with Crippen LogP contribution in [-0.4, -0.2) is 44.9 Å². The smallest absolute Gasteiger partial charge is 0.324 e. The zero-order chi connectivity index (χ0) is 28.4. The van der Waals surface area contributed by atoms with E-state index in [1.165, 1.54) is 22.3 Å². The zero-order valence-corrected chi connectivity index (χ0v) is 21.6. The molecule has 1 unspecified atom stereocenters. The van der Waals surface area contributed by atoms with Crippen LogP contribution in [0.25, 0.3) is 11.1 Å². The molecular formula is C27H30N4O7. The fourth-order valence-electron chi connectivity index (χ4n) is 3.74. The van der Waals surface area contributed by atoms with Crippen molar-refractivity contribution in [1.82, 2.24) is 4.90 Å². The number of benzene rings is 3. The van der Waals surface area contributed by atoms with Crippen molar-refractivity contribution in [3.63, 3.8) is 0 Å². The standard InChI is InChI=1S/C21H27N.C6H3N3O7/c1-5-20(18-12-8-6-9-13-18)21(16-17(2)22(3)4)19-14-10-7-11-15-19;10-6-4(8(13)14)1-3(7(11)12)2-5(6)9(15)16/h6-15,17H,5,16H2,1-4H3;1-2,10H/b21-20+;. The Morgan fingerprint density at radius 2 is 1.21 bits per heavy atom. The number of allylic oxidation sites excluding steroid dienone is 1. The zero-order valence-electron chi connectivity index (χ0n) is 21.6. The monoisotopic (exact) mass is 522 g/mol. The lowest BCUT2D eigenvalue weighted by atomic mass is 9.89. The molecule has 3 aromatic rings. The van der Waals surface area contributed by atoms with Gasteiger partial charge in [0, 0.05) is 6.04 Å². The van der Waals surface area contributed by atoms with Crippen LogP contribution in [0.1, 0.15) is 37.8 Å². The Balaban J connectivity index is 0.000000281.